The number of ketones is 1. The molecule has 2 unspecified atom stereocenters. The number of alkyl halides is 2. The van der Waals surface area contributed by atoms with E-state index in [4.69, 9.17) is 33.2 Å². The van der Waals surface area contributed by atoms with Crippen molar-refractivity contribution in [3.8, 4) is 11.8 Å². The molecule has 0 aromatic heterocycles. The van der Waals surface area contributed by atoms with Crippen LogP contribution in [0.15, 0.2) is 23.8 Å². The SMILES string of the molecule is CCCC1O[C@@H]2C[C@H]3[C@@H]4C[C@H](F)C5=CCC=C[C@]5(C)[C@@]4(F)[C@@H](O)C[C@]3(C)[C@]2(C(=O)COC(=O)NCCSSC(C)(C)CC(=O)NCCOCCOCCOCCNC(=O)OCC2[C@H]3CCC#CCC[C@@H]23)O1. The highest BCUT2D eigenvalue weighted by molar-refractivity contribution is 8.77. The predicted octanol–water partition coefficient (Wildman–Crippen LogP) is 7.19. The molecule has 0 radical (unpaired) electrons. The van der Waals surface area contributed by atoms with Crippen molar-refractivity contribution in [2.45, 2.75) is 146 Å². The lowest BCUT2D eigenvalue weighted by molar-refractivity contribution is -0.234. The number of fused-ring (bicyclic) bond motifs is 8. The highest BCUT2D eigenvalue weighted by atomic mass is 33.1. The smallest absolute Gasteiger partial charge is 0.407 e. The quantitative estimate of drug-likeness (QED) is 0.0295. The molecule has 5 fully saturated rings. The summed E-state index contributed by atoms with van der Waals surface area (Å²) in [7, 11) is 3.01. The number of ether oxygens (including phenoxy) is 7. The summed E-state index contributed by atoms with van der Waals surface area (Å²) in [6, 6.07) is 0. The molecule has 0 aromatic rings. The normalized spacial score (nSPS) is 35.4. The Hall–Kier alpha value is -2.96. The lowest BCUT2D eigenvalue weighted by Gasteiger charge is -2.63. The maximum Gasteiger partial charge on any atom is 0.407 e. The van der Waals surface area contributed by atoms with Crippen LogP contribution in [0.4, 0.5) is 18.4 Å². The van der Waals surface area contributed by atoms with Crippen molar-refractivity contribution in [2.75, 3.05) is 78.2 Å². The summed E-state index contributed by atoms with van der Waals surface area (Å²) >= 11 is 0. The number of Topliss-reactive ketones (excluding diaryl/α,β-unsaturated/α-hetero) is 1. The number of halogens is 2. The minimum absolute atomic E-state index is 0.105. The van der Waals surface area contributed by atoms with Gasteiger partial charge in [0.25, 0.3) is 0 Å². The molecule has 0 bridgehead atoms. The summed E-state index contributed by atoms with van der Waals surface area (Å²) in [5.74, 6) is 6.53. The fourth-order valence-corrected chi connectivity index (χ4v) is 15.1. The van der Waals surface area contributed by atoms with Crippen LogP contribution in [0.3, 0.4) is 0 Å². The Morgan fingerprint density at radius 1 is 0.901 bits per heavy atom. The summed E-state index contributed by atoms with van der Waals surface area (Å²) in [6.45, 7) is 12.4. The second kappa shape index (κ2) is 24.6. The monoisotopic (exact) mass is 1040 g/mol. The zero-order chi connectivity index (χ0) is 50.9. The number of hydrogen-bond acceptors (Lipinski definition) is 14. The van der Waals surface area contributed by atoms with Gasteiger partial charge in [0, 0.05) is 66.1 Å². The Balaban J connectivity index is 0.720. The molecule has 1 aliphatic heterocycles. The molecule has 398 valence electrons. The van der Waals surface area contributed by atoms with Crippen LogP contribution in [0.2, 0.25) is 0 Å². The molecule has 6 aliphatic carbocycles. The molecule has 4 saturated carbocycles. The molecule has 4 N–H and O–H groups in total. The van der Waals surface area contributed by atoms with E-state index >= 15 is 8.78 Å². The van der Waals surface area contributed by atoms with E-state index in [9.17, 15) is 24.3 Å². The van der Waals surface area contributed by atoms with Crippen LogP contribution in [0.5, 0.6) is 0 Å². The first-order valence-corrected chi connectivity index (χ1v) is 28.2. The van der Waals surface area contributed by atoms with Crippen LogP contribution in [0, 0.1) is 52.3 Å². The molecule has 3 amide bonds. The third-order valence-corrected chi connectivity index (χ3v) is 19.4. The van der Waals surface area contributed by atoms with Gasteiger partial charge >= 0.3 is 12.2 Å². The van der Waals surface area contributed by atoms with Gasteiger partial charge in [-0.3, -0.25) is 9.59 Å². The molecule has 0 spiro atoms. The van der Waals surface area contributed by atoms with Crippen LogP contribution in [0.1, 0.15) is 105 Å². The van der Waals surface area contributed by atoms with Gasteiger partial charge in [0.2, 0.25) is 11.7 Å². The first-order valence-electron chi connectivity index (χ1n) is 25.8. The van der Waals surface area contributed by atoms with Gasteiger partial charge in [-0.1, -0.05) is 60.1 Å². The molecule has 1 heterocycles. The lowest BCUT2D eigenvalue weighted by Crippen LogP contribution is -2.70. The molecular weight excluding hydrogens is 961 g/mol. The molecule has 0 aromatic carbocycles. The van der Waals surface area contributed by atoms with Crippen LogP contribution < -0.4 is 16.0 Å². The molecule has 15 nitrogen and oxygen atoms in total. The number of carbonyl (C=O) groups excluding carboxylic acids is 4. The fourth-order valence-electron chi connectivity index (χ4n) is 12.7. The number of allylic oxidation sites excluding steroid dienone is 4. The fraction of sp³-hybridized carbons (Fsp3) is 0.808. The van der Waals surface area contributed by atoms with E-state index < -0.39 is 87.9 Å². The number of nitrogens with one attached hydrogen (secondary N) is 3. The van der Waals surface area contributed by atoms with Crippen LogP contribution in [-0.2, 0) is 42.7 Å². The summed E-state index contributed by atoms with van der Waals surface area (Å²) < 4.78 is 73.8. The van der Waals surface area contributed by atoms with Gasteiger partial charge in [0.1, 0.15) is 6.17 Å². The third-order valence-electron chi connectivity index (χ3n) is 16.1. The van der Waals surface area contributed by atoms with E-state index in [2.05, 4.69) is 27.8 Å². The molecule has 19 heteroatoms. The van der Waals surface area contributed by atoms with E-state index in [1.807, 2.05) is 33.8 Å². The standard InChI is InChI=1S/C52H77F2N3O12S2/c1-6-13-45-68-43-29-38-39-28-40(53)37-16-11-12-17-49(37,4)51(39,54)41(58)30-50(38,5)52(43,69-45)42(59)33-67-47(62)57-20-27-70-71-48(2,3)31-44(60)55-18-21-63-23-25-65-26-24-64-22-19-56-46(61)66-32-36-34-14-9-7-8-10-15-35(34)36/h12,16-17,34-36,38-41,43,45,58H,6,9-11,13-15,18-33H2,1-5H3,(H,55,60)(H,56,61)(H,57,62)/t34-,35+,36?,38-,39-,40-,41-,43+,45?,49-,50-,51-,52+/m0/s1. The van der Waals surface area contributed by atoms with Crippen molar-refractivity contribution < 1.29 is 66.2 Å². The summed E-state index contributed by atoms with van der Waals surface area (Å²) in [5.41, 5.74) is -5.89. The van der Waals surface area contributed by atoms with Gasteiger partial charge in [-0.2, -0.15) is 0 Å². The summed E-state index contributed by atoms with van der Waals surface area (Å²) in [4.78, 5) is 52.0. The summed E-state index contributed by atoms with van der Waals surface area (Å²) in [5, 5.41) is 20.1. The Kier molecular flexibility index (Phi) is 19.3. The van der Waals surface area contributed by atoms with Gasteiger partial charge in [0.15, 0.2) is 24.2 Å². The Bertz CT molecular complexity index is 1990. The van der Waals surface area contributed by atoms with Gasteiger partial charge in [-0.25, -0.2) is 18.4 Å². The summed E-state index contributed by atoms with van der Waals surface area (Å²) in [6.07, 6.45) is 5.76. The van der Waals surface area contributed by atoms with Crippen LogP contribution in [-0.4, -0.2) is 148 Å². The van der Waals surface area contributed by atoms with Gasteiger partial charge in [0.05, 0.1) is 58.5 Å². The van der Waals surface area contributed by atoms with E-state index in [0.29, 0.717) is 101 Å². The number of hydrogen-bond donors (Lipinski definition) is 4. The maximum atomic E-state index is 17.8. The number of amides is 3. The van der Waals surface area contributed by atoms with Crippen LogP contribution >= 0.6 is 21.6 Å². The zero-order valence-electron chi connectivity index (χ0n) is 42.2. The zero-order valence-corrected chi connectivity index (χ0v) is 43.8. The van der Waals surface area contributed by atoms with E-state index in [1.54, 1.807) is 19.1 Å². The van der Waals surface area contributed by atoms with Crippen LogP contribution in [0.25, 0.3) is 0 Å². The van der Waals surface area contributed by atoms with Gasteiger partial charge < -0.3 is 54.2 Å². The highest BCUT2D eigenvalue weighted by Crippen LogP contribution is 2.72. The van der Waals surface area contributed by atoms with E-state index in [-0.39, 0.29) is 38.1 Å². The third kappa shape index (κ3) is 12.4. The van der Waals surface area contributed by atoms with Crippen molar-refractivity contribution in [1.29, 1.82) is 0 Å². The topological polar surface area (TPSA) is 189 Å². The highest BCUT2D eigenvalue weighted by Gasteiger charge is 2.80. The van der Waals surface area contributed by atoms with Gasteiger partial charge in [-0.05, 0) is 95.0 Å². The van der Waals surface area contributed by atoms with E-state index in [1.165, 1.54) is 21.6 Å². The lowest BCUT2D eigenvalue weighted by atomic mass is 9.44. The minimum atomic E-state index is -2.17. The molecule has 7 aliphatic rings. The number of aliphatic hydroxyl groups excluding tert-OH is 1. The van der Waals surface area contributed by atoms with Crippen molar-refractivity contribution in [2.24, 2.45) is 40.4 Å². The Morgan fingerprint density at radius 2 is 1.55 bits per heavy atom. The van der Waals surface area contributed by atoms with E-state index in [0.717, 1.165) is 32.1 Å². The molecule has 71 heavy (non-hydrogen) atoms. The molecule has 1 saturated heterocycles. The van der Waals surface area contributed by atoms with Crippen molar-refractivity contribution in [3.05, 3.63) is 23.8 Å². The largest absolute Gasteiger partial charge is 0.449 e. The minimum Gasteiger partial charge on any atom is -0.449 e. The van der Waals surface area contributed by atoms with Crippen molar-refractivity contribution >= 4 is 45.5 Å². The Morgan fingerprint density at radius 3 is 2.24 bits per heavy atom. The maximum absolute atomic E-state index is 17.8. The Labute approximate surface area is 426 Å². The number of aliphatic hydroxyl groups is 1. The molecule has 7 rings (SSSR count). The van der Waals surface area contributed by atoms with Crippen molar-refractivity contribution in [3.63, 3.8) is 0 Å². The predicted molar refractivity (Wildman–Crippen MR) is 266 cm³/mol. The van der Waals surface area contributed by atoms with Crippen molar-refractivity contribution in [1.82, 2.24) is 16.0 Å². The van der Waals surface area contributed by atoms with Gasteiger partial charge in [-0.15, -0.1) is 11.8 Å². The molecule has 13 atom stereocenters. The first kappa shape index (κ1) is 55.8. The first-order chi connectivity index (χ1) is 34.0. The average Bonchev–Trinajstić information content (AvgIpc) is 3.70. The second-order valence-corrected chi connectivity index (χ2v) is 24.3. The molecular formula is C52H77F2N3O12S2. The second-order valence-electron chi connectivity index (χ2n) is 21.2. The average molecular weight is 1040 g/mol. The number of carbonyl (C=O) groups is 4. The number of rotatable bonds is 26. The number of alkyl carbamates (subject to hydrolysis) is 2.